The van der Waals surface area contributed by atoms with Gasteiger partial charge >= 0.3 is 0 Å². The van der Waals surface area contributed by atoms with Gasteiger partial charge in [0.1, 0.15) is 11.6 Å². The third-order valence-electron chi connectivity index (χ3n) is 5.86. The van der Waals surface area contributed by atoms with Crippen molar-refractivity contribution < 1.29 is 4.42 Å². The molecule has 30 heavy (non-hydrogen) atoms. The van der Waals surface area contributed by atoms with E-state index < -0.39 is 0 Å². The predicted molar refractivity (Wildman–Crippen MR) is 121 cm³/mol. The Balaban J connectivity index is 1.34. The summed E-state index contributed by atoms with van der Waals surface area (Å²) in [5.74, 6) is 2.86. The molecule has 4 rings (SSSR count). The first-order valence-corrected chi connectivity index (χ1v) is 10.9. The maximum atomic E-state index is 5.75. The lowest BCUT2D eigenvalue weighted by Gasteiger charge is -2.33. The summed E-state index contributed by atoms with van der Waals surface area (Å²) in [6.07, 6.45) is 5.59. The lowest BCUT2D eigenvalue weighted by atomic mass is 10.1. The monoisotopic (exact) mass is 408 g/mol. The maximum absolute atomic E-state index is 5.75. The smallest absolute Gasteiger partial charge is 0.191 e. The first kappa shape index (κ1) is 20.5. The van der Waals surface area contributed by atoms with E-state index in [4.69, 9.17) is 4.42 Å². The van der Waals surface area contributed by atoms with Crippen molar-refractivity contribution in [2.75, 3.05) is 33.2 Å². The van der Waals surface area contributed by atoms with Crippen LogP contribution in [0.1, 0.15) is 36.9 Å². The second-order valence-corrected chi connectivity index (χ2v) is 7.81. The molecular weight excluding hydrogens is 376 g/mol. The Bertz CT molecular complexity index is 955. The SMILES string of the molecule is CN=C(NCCn1c(C)nc2ccccc21)NCC(c1ccco1)N1CCCCC1. The molecule has 7 heteroatoms. The maximum Gasteiger partial charge on any atom is 0.191 e. The van der Waals surface area contributed by atoms with Crippen molar-refractivity contribution >= 4 is 17.0 Å². The first-order valence-electron chi connectivity index (χ1n) is 10.9. The molecule has 0 amide bonds. The Labute approximate surface area is 178 Å². The van der Waals surface area contributed by atoms with Crippen LogP contribution < -0.4 is 10.6 Å². The number of aromatic nitrogens is 2. The molecule has 1 unspecified atom stereocenters. The van der Waals surface area contributed by atoms with E-state index in [1.807, 2.05) is 19.2 Å². The van der Waals surface area contributed by atoms with Crippen molar-refractivity contribution in [3.63, 3.8) is 0 Å². The zero-order valence-electron chi connectivity index (χ0n) is 18.0. The van der Waals surface area contributed by atoms with E-state index in [2.05, 4.69) is 61.3 Å². The Kier molecular flexibility index (Phi) is 6.69. The van der Waals surface area contributed by atoms with Crippen molar-refractivity contribution in [2.45, 2.75) is 38.8 Å². The average Bonchev–Trinajstić information content (AvgIpc) is 3.41. The van der Waals surface area contributed by atoms with Gasteiger partial charge in [0.25, 0.3) is 0 Å². The molecule has 160 valence electrons. The number of piperidine rings is 1. The third-order valence-corrected chi connectivity index (χ3v) is 5.86. The minimum absolute atomic E-state index is 0.221. The predicted octanol–water partition coefficient (Wildman–Crippen LogP) is 3.33. The molecule has 1 aliphatic rings. The summed E-state index contributed by atoms with van der Waals surface area (Å²) in [6.45, 7) is 6.66. The summed E-state index contributed by atoms with van der Waals surface area (Å²) < 4.78 is 7.99. The molecule has 7 nitrogen and oxygen atoms in total. The second-order valence-electron chi connectivity index (χ2n) is 7.81. The van der Waals surface area contributed by atoms with Crippen molar-refractivity contribution in [2.24, 2.45) is 4.99 Å². The number of aliphatic imine (C=N–C) groups is 1. The van der Waals surface area contributed by atoms with E-state index in [0.29, 0.717) is 0 Å². The molecule has 1 aliphatic heterocycles. The van der Waals surface area contributed by atoms with Crippen LogP contribution in [0.5, 0.6) is 0 Å². The van der Waals surface area contributed by atoms with E-state index in [1.165, 1.54) is 24.8 Å². The molecule has 0 saturated carbocycles. The summed E-state index contributed by atoms with van der Waals surface area (Å²) in [7, 11) is 1.82. The molecular formula is C23H32N6O. The van der Waals surface area contributed by atoms with Crippen molar-refractivity contribution in [3.05, 3.63) is 54.2 Å². The molecule has 0 spiro atoms. The van der Waals surface area contributed by atoms with Gasteiger partial charge in [-0.05, 0) is 57.1 Å². The number of imidazole rings is 1. The minimum atomic E-state index is 0.221. The summed E-state index contributed by atoms with van der Waals surface area (Å²) >= 11 is 0. The number of hydrogen-bond donors (Lipinski definition) is 2. The van der Waals surface area contributed by atoms with Crippen LogP contribution in [-0.4, -0.2) is 53.6 Å². The molecule has 2 N–H and O–H groups in total. The van der Waals surface area contributed by atoms with Crippen LogP contribution in [0.25, 0.3) is 11.0 Å². The highest BCUT2D eigenvalue weighted by Crippen LogP contribution is 2.24. The van der Waals surface area contributed by atoms with Crippen LogP contribution in [0.15, 0.2) is 52.1 Å². The molecule has 1 saturated heterocycles. The van der Waals surface area contributed by atoms with Gasteiger partial charge in [0.2, 0.25) is 0 Å². The summed E-state index contributed by atoms with van der Waals surface area (Å²) in [6, 6.07) is 12.5. The fourth-order valence-corrected chi connectivity index (χ4v) is 4.30. The Morgan fingerprint density at radius 3 is 2.73 bits per heavy atom. The number of aryl methyl sites for hydroxylation is 1. The van der Waals surface area contributed by atoms with Gasteiger partial charge in [0.15, 0.2) is 5.96 Å². The van der Waals surface area contributed by atoms with Crippen LogP contribution in [0, 0.1) is 6.92 Å². The second kappa shape index (κ2) is 9.80. The van der Waals surface area contributed by atoms with E-state index in [-0.39, 0.29) is 6.04 Å². The van der Waals surface area contributed by atoms with Crippen LogP contribution in [-0.2, 0) is 6.54 Å². The number of guanidine groups is 1. The molecule has 1 aromatic carbocycles. The highest BCUT2D eigenvalue weighted by atomic mass is 16.3. The molecule has 3 heterocycles. The highest BCUT2D eigenvalue weighted by Gasteiger charge is 2.24. The van der Waals surface area contributed by atoms with Gasteiger partial charge in [-0.1, -0.05) is 18.6 Å². The number of benzene rings is 1. The van der Waals surface area contributed by atoms with Gasteiger partial charge in [-0.3, -0.25) is 9.89 Å². The first-order chi connectivity index (χ1) is 14.8. The number of fused-ring (bicyclic) bond motifs is 1. The Hall–Kier alpha value is -2.80. The lowest BCUT2D eigenvalue weighted by molar-refractivity contribution is 0.146. The average molecular weight is 409 g/mol. The molecule has 0 radical (unpaired) electrons. The molecule has 2 aromatic heterocycles. The fraction of sp³-hybridized carbons (Fsp3) is 0.478. The van der Waals surface area contributed by atoms with Crippen molar-refractivity contribution in [1.82, 2.24) is 25.1 Å². The lowest BCUT2D eigenvalue weighted by Crippen LogP contribution is -2.45. The normalized spacial score (nSPS) is 16.7. The number of nitrogens with one attached hydrogen (secondary N) is 2. The van der Waals surface area contributed by atoms with Gasteiger partial charge < -0.3 is 19.6 Å². The van der Waals surface area contributed by atoms with E-state index in [0.717, 1.165) is 55.8 Å². The van der Waals surface area contributed by atoms with Crippen LogP contribution in [0.4, 0.5) is 0 Å². The van der Waals surface area contributed by atoms with Gasteiger partial charge in [-0.2, -0.15) is 0 Å². The van der Waals surface area contributed by atoms with E-state index >= 15 is 0 Å². The molecule has 0 aliphatic carbocycles. The largest absolute Gasteiger partial charge is 0.468 e. The van der Waals surface area contributed by atoms with E-state index in [9.17, 15) is 0 Å². The number of rotatable bonds is 7. The number of hydrogen-bond acceptors (Lipinski definition) is 4. The molecule has 0 bridgehead atoms. The Morgan fingerprint density at radius 1 is 1.13 bits per heavy atom. The topological polar surface area (TPSA) is 70.6 Å². The van der Waals surface area contributed by atoms with Gasteiger partial charge in [0.05, 0.1) is 23.3 Å². The van der Waals surface area contributed by atoms with Crippen molar-refractivity contribution in [1.29, 1.82) is 0 Å². The number of nitrogens with zero attached hydrogens (tertiary/aromatic N) is 4. The molecule has 1 fully saturated rings. The van der Waals surface area contributed by atoms with Crippen LogP contribution >= 0.6 is 0 Å². The zero-order chi connectivity index (χ0) is 20.8. The summed E-state index contributed by atoms with van der Waals surface area (Å²) in [4.78, 5) is 11.6. The number of furan rings is 1. The van der Waals surface area contributed by atoms with Crippen LogP contribution in [0.3, 0.4) is 0 Å². The highest BCUT2D eigenvalue weighted by molar-refractivity contribution is 5.79. The Morgan fingerprint density at radius 2 is 1.97 bits per heavy atom. The number of para-hydroxylation sites is 2. The van der Waals surface area contributed by atoms with Crippen LogP contribution in [0.2, 0.25) is 0 Å². The molecule has 3 aromatic rings. The molecule has 1 atom stereocenters. The van der Waals surface area contributed by atoms with Gasteiger partial charge in [0, 0.05) is 26.7 Å². The number of likely N-dealkylation sites (tertiary alicyclic amines) is 1. The standard InChI is InChI=1S/C23H32N6O/c1-18-27-19-9-4-5-10-20(19)29(18)15-12-25-23(24-2)26-17-21(22-11-8-16-30-22)28-13-6-3-7-14-28/h4-5,8-11,16,21H,3,6-7,12-15,17H2,1-2H3,(H2,24,25,26). The van der Waals surface area contributed by atoms with Gasteiger partial charge in [-0.15, -0.1) is 0 Å². The third kappa shape index (κ3) is 4.67. The van der Waals surface area contributed by atoms with E-state index in [1.54, 1.807) is 6.26 Å². The summed E-state index contributed by atoms with van der Waals surface area (Å²) in [5, 5.41) is 6.94. The summed E-state index contributed by atoms with van der Waals surface area (Å²) in [5.41, 5.74) is 2.21. The zero-order valence-corrected chi connectivity index (χ0v) is 18.0. The minimum Gasteiger partial charge on any atom is -0.468 e. The fourth-order valence-electron chi connectivity index (χ4n) is 4.30. The van der Waals surface area contributed by atoms with Gasteiger partial charge in [-0.25, -0.2) is 4.98 Å². The quantitative estimate of drug-likeness (QED) is 0.464. The van der Waals surface area contributed by atoms with Crippen molar-refractivity contribution in [3.8, 4) is 0 Å².